The minimum Gasteiger partial charge on any atom is -0.467 e. The number of aromatic nitrogens is 1. The number of H-pyrrole nitrogens is 1. The summed E-state index contributed by atoms with van der Waals surface area (Å²) in [6.07, 6.45) is -0.758. The lowest BCUT2D eigenvalue weighted by atomic mass is 10.0. The molecule has 31 heavy (non-hydrogen) atoms. The summed E-state index contributed by atoms with van der Waals surface area (Å²) < 4.78 is 9.94. The molecule has 2 aromatic rings. The third-order valence-electron chi connectivity index (χ3n) is 4.14. The Bertz CT molecular complexity index is 926. The number of aryl methyl sites for hydroxylation is 2. The number of aromatic amines is 1. The van der Waals surface area contributed by atoms with Crippen LogP contribution in [0.4, 0.5) is 4.79 Å². The molecule has 0 aliphatic carbocycles. The zero-order chi connectivity index (χ0) is 24.4. The van der Waals surface area contributed by atoms with Gasteiger partial charge in [-0.25, -0.2) is 9.59 Å². The van der Waals surface area contributed by atoms with Gasteiger partial charge in [-0.05, 0) is 69.3 Å². The van der Waals surface area contributed by atoms with Gasteiger partial charge in [0.15, 0.2) is 0 Å². The Morgan fingerprint density at radius 3 is 2.10 bits per heavy atom. The lowest BCUT2D eigenvalue weighted by Crippen LogP contribution is -2.45. The van der Waals surface area contributed by atoms with Gasteiger partial charge in [-0.1, -0.05) is 27.7 Å². The van der Waals surface area contributed by atoms with Crippen molar-refractivity contribution in [2.75, 3.05) is 7.11 Å². The lowest BCUT2D eigenvalue weighted by molar-refractivity contribution is -0.143. The van der Waals surface area contributed by atoms with Crippen LogP contribution in [-0.2, 0) is 20.7 Å². The van der Waals surface area contributed by atoms with E-state index in [1.165, 1.54) is 7.11 Å². The molecule has 1 amide bonds. The Kier molecular flexibility index (Phi) is 11.6. The molecule has 1 atom stereocenters. The Morgan fingerprint density at radius 2 is 1.58 bits per heavy atom. The predicted octanol–water partition coefficient (Wildman–Crippen LogP) is 4.81. The van der Waals surface area contributed by atoms with Crippen molar-refractivity contribution in [1.29, 1.82) is 0 Å². The second kappa shape index (κ2) is 12.8. The van der Waals surface area contributed by atoms with E-state index in [4.69, 9.17) is 9.47 Å². The van der Waals surface area contributed by atoms with Gasteiger partial charge in [-0.15, -0.1) is 0 Å². The van der Waals surface area contributed by atoms with Crippen molar-refractivity contribution >= 4 is 23.0 Å². The highest BCUT2D eigenvalue weighted by Crippen LogP contribution is 2.18. The number of methoxy groups -OCH3 is 1. The molecule has 1 aromatic carbocycles. The number of pyridine rings is 1. The topological polar surface area (TPSA) is 97.5 Å². The average molecular weight is 435 g/mol. The molecule has 7 heteroatoms. The summed E-state index contributed by atoms with van der Waals surface area (Å²) in [5.74, 6) is -0.652. The van der Waals surface area contributed by atoms with Crippen LogP contribution in [0.25, 0.3) is 10.9 Å². The average Bonchev–Trinajstić information content (AvgIpc) is 2.70. The van der Waals surface area contributed by atoms with E-state index in [0.29, 0.717) is 5.56 Å². The smallest absolute Gasteiger partial charge is 0.408 e. The SMILES string of the molecule is CC.CC.COC(=O)C(Cc1cc2cc(C)c(C)cc2[nH]c1=O)NC(=O)OC(C)(C)C. The van der Waals surface area contributed by atoms with Crippen molar-refractivity contribution in [3.8, 4) is 0 Å². The quantitative estimate of drug-likeness (QED) is 0.673. The first-order valence-electron chi connectivity index (χ1n) is 10.7. The molecule has 0 radical (unpaired) electrons. The van der Waals surface area contributed by atoms with Gasteiger partial charge >= 0.3 is 12.1 Å². The normalized spacial score (nSPS) is 11.3. The molecule has 1 unspecified atom stereocenters. The Morgan fingerprint density at radius 1 is 1.03 bits per heavy atom. The maximum absolute atomic E-state index is 12.4. The second-order valence-corrected chi connectivity index (χ2v) is 7.57. The molecule has 0 saturated heterocycles. The maximum atomic E-state index is 12.4. The van der Waals surface area contributed by atoms with Crippen molar-refractivity contribution in [3.63, 3.8) is 0 Å². The number of rotatable bonds is 4. The number of carbonyl (C=O) groups excluding carboxylic acids is 2. The summed E-state index contributed by atoms with van der Waals surface area (Å²) in [6.45, 7) is 17.1. The molecule has 174 valence electrons. The van der Waals surface area contributed by atoms with E-state index in [2.05, 4.69) is 10.3 Å². The molecule has 2 rings (SSSR count). The fourth-order valence-electron chi connectivity index (χ4n) is 2.68. The summed E-state index contributed by atoms with van der Waals surface area (Å²) in [5, 5.41) is 3.34. The number of carbonyl (C=O) groups is 2. The van der Waals surface area contributed by atoms with E-state index in [1.54, 1.807) is 26.8 Å². The molecule has 1 aromatic heterocycles. The molecule has 0 fully saturated rings. The number of alkyl carbamates (subject to hydrolysis) is 1. The number of benzene rings is 1. The molecule has 0 aliphatic rings. The van der Waals surface area contributed by atoms with Crippen molar-refractivity contribution < 1.29 is 19.1 Å². The summed E-state index contributed by atoms with van der Waals surface area (Å²) in [7, 11) is 1.23. The highest BCUT2D eigenvalue weighted by atomic mass is 16.6. The Hall–Kier alpha value is -2.83. The van der Waals surface area contributed by atoms with Gasteiger partial charge in [-0.3, -0.25) is 4.79 Å². The van der Waals surface area contributed by atoms with Crippen LogP contribution in [0.3, 0.4) is 0 Å². The van der Waals surface area contributed by atoms with Crippen LogP contribution in [0.15, 0.2) is 23.0 Å². The van der Waals surface area contributed by atoms with Gasteiger partial charge in [-0.2, -0.15) is 0 Å². The second-order valence-electron chi connectivity index (χ2n) is 7.57. The first-order valence-corrected chi connectivity index (χ1v) is 10.7. The van der Waals surface area contributed by atoms with Gasteiger partial charge in [0.05, 0.1) is 7.11 Å². The Labute approximate surface area is 185 Å². The van der Waals surface area contributed by atoms with E-state index >= 15 is 0 Å². The predicted molar refractivity (Wildman–Crippen MR) is 126 cm³/mol. The van der Waals surface area contributed by atoms with Crippen LogP contribution in [0.2, 0.25) is 0 Å². The van der Waals surface area contributed by atoms with E-state index < -0.39 is 23.7 Å². The molecular weight excluding hydrogens is 396 g/mol. The van der Waals surface area contributed by atoms with E-state index in [1.807, 2.05) is 53.7 Å². The highest BCUT2D eigenvalue weighted by Gasteiger charge is 2.26. The van der Waals surface area contributed by atoms with Crippen molar-refractivity contribution in [3.05, 3.63) is 45.2 Å². The molecule has 0 saturated carbocycles. The van der Waals surface area contributed by atoms with E-state index in [9.17, 15) is 14.4 Å². The number of nitrogens with one attached hydrogen (secondary N) is 2. The number of amides is 1. The molecule has 0 aliphatic heterocycles. The van der Waals surface area contributed by atoms with Crippen LogP contribution >= 0.6 is 0 Å². The van der Waals surface area contributed by atoms with Gasteiger partial charge in [0, 0.05) is 17.5 Å². The molecule has 0 spiro atoms. The highest BCUT2D eigenvalue weighted by molar-refractivity contribution is 5.83. The third kappa shape index (κ3) is 8.82. The van der Waals surface area contributed by atoms with Gasteiger partial charge in [0.2, 0.25) is 0 Å². The summed E-state index contributed by atoms with van der Waals surface area (Å²) >= 11 is 0. The number of hydrogen-bond acceptors (Lipinski definition) is 5. The summed E-state index contributed by atoms with van der Waals surface area (Å²) in [5.41, 5.74) is 2.24. The molecular formula is C24H38N2O5. The number of fused-ring (bicyclic) bond motifs is 1. The van der Waals surface area contributed by atoms with Crippen LogP contribution in [-0.4, -0.2) is 35.8 Å². The minimum atomic E-state index is -1.03. The zero-order valence-corrected chi connectivity index (χ0v) is 20.6. The van der Waals surface area contributed by atoms with E-state index in [-0.39, 0.29) is 12.0 Å². The molecule has 1 heterocycles. The van der Waals surface area contributed by atoms with Crippen LogP contribution in [0.1, 0.15) is 65.2 Å². The summed E-state index contributed by atoms with van der Waals surface area (Å²) in [6, 6.07) is 4.58. The third-order valence-corrected chi connectivity index (χ3v) is 4.14. The number of hydrogen-bond donors (Lipinski definition) is 2. The van der Waals surface area contributed by atoms with Crippen LogP contribution in [0.5, 0.6) is 0 Å². The fourth-order valence-corrected chi connectivity index (χ4v) is 2.68. The first-order chi connectivity index (χ1) is 14.5. The monoisotopic (exact) mass is 434 g/mol. The fraction of sp³-hybridized carbons (Fsp3) is 0.542. The standard InChI is InChI=1S/C20H26N2O5.2C2H6/c1-11-7-13-9-14(17(23)21-15(13)8-12(11)2)10-16(18(24)26-6)22-19(25)27-20(3,4)5;2*1-2/h7-9,16H,10H2,1-6H3,(H,21,23)(H,22,25);2*1-2H3. The van der Waals surface area contributed by atoms with Crippen LogP contribution in [0, 0.1) is 13.8 Å². The van der Waals surface area contributed by atoms with Crippen molar-refractivity contribution in [2.45, 2.75) is 80.4 Å². The van der Waals surface area contributed by atoms with Gasteiger partial charge in [0.1, 0.15) is 11.6 Å². The van der Waals surface area contributed by atoms with Gasteiger partial charge in [0.25, 0.3) is 5.56 Å². The number of esters is 1. The first kappa shape index (κ1) is 28.2. The van der Waals surface area contributed by atoms with E-state index in [0.717, 1.165) is 22.0 Å². The summed E-state index contributed by atoms with van der Waals surface area (Å²) in [4.78, 5) is 39.4. The zero-order valence-electron chi connectivity index (χ0n) is 20.6. The van der Waals surface area contributed by atoms with Crippen molar-refractivity contribution in [2.24, 2.45) is 0 Å². The molecule has 2 N–H and O–H groups in total. The largest absolute Gasteiger partial charge is 0.467 e. The van der Waals surface area contributed by atoms with Gasteiger partial charge < -0.3 is 19.8 Å². The number of ether oxygens (including phenoxy) is 2. The minimum absolute atomic E-state index is 0.00981. The van der Waals surface area contributed by atoms with Crippen molar-refractivity contribution in [1.82, 2.24) is 10.3 Å². The Balaban J connectivity index is 0.00000212. The molecule has 0 bridgehead atoms. The lowest BCUT2D eigenvalue weighted by Gasteiger charge is -2.22. The maximum Gasteiger partial charge on any atom is 0.408 e. The van der Waals surface area contributed by atoms with Crippen LogP contribution < -0.4 is 10.9 Å². The molecule has 7 nitrogen and oxygen atoms in total.